The van der Waals surface area contributed by atoms with E-state index in [1.165, 1.54) is 11.8 Å². The number of rotatable bonds is 6. The van der Waals surface area contributed by atoms with Crippen molar-refractivity contribution in [2.24, 2.45) is 0 Å². The minimum Gasteiger partial charge on any atom is -0.496 e. The summed E-state index contributed by atoms with van der Waals surface area (Å²) >= 11 is 2.77. The summed E-state index contributed by atoms with van der Waals surface area (Å²) in [7, 11) is 1.63. The number of aliphatic carboxylic acids is 1. The quantitative estimate of drug-likeness (QED) is 0.826. The number of nitrogens with zero attached hydrogens (tertiary/aromatic N) is 3. The zero-order chi connectivity index (χ0) is 14.1. The highest BCUT2D eigenvalue weighted by Crippen LogP contribution is 2.42. The van der Waals surface area contributed by atoms with Gasteiger partial charge in [0.1, 0.15) is 5.75 Å². The molecule has 1 N–H and O–H groups in total. The molecule has 1 saturated carbocycles. The molecule has 0 bridgehead atoms. The molecule has 1 aliphatic carbocycles. The van der Waals surface area contributed by atoms with Crippen LogP contribution in [0, 0.1) is 0 Å². The van der Waals surface area contributed by atoms with E-state index in [4.69, 9.17) is 9.84 Å². The van der Waals surface area contributed by atoms with Crippen LogP contribution in [0.2, 0.25) is 0 Å². The Hall–Kier alpha value is -1.54. The lowest BCUT2D eigenvalue weighted by molar-refractivity contribution is -0.133. The van der Waals surface area contributed by atoms with Gasteiger partial charge in [0.15, 0.2) is 11.0 Å². The molecule has 0 amide bonds. The van der Waals surface area contributed by atoms with Crippen molar-refractivity contribution in [2.75, 3.05) is 12.9 Å². The predicted molar refractivity (Wildman–Crippen MR) is 76.5 cm³/mol. The van der Waals surface area contributed by atoms with Crippen molar-refractivity contribution in [2.45, 2.75) is 24.0 Å². The molecule has 1 fully saturated rings. The molecular formula is C12H13N3O3S2. The normalized spacial score (nSPS) is 14.4. The minimum atomic E-state index is -0.848. The molecule has 6 nitrogen and oxygen atoms in total. The van der Waals surface area contributed by atoms with E-state index in [-0.39, 0.29) is 5.75 Å². The van der Waals surface area contributed by atoms with E-state index in [0.29, 0.717) is 11.2 Å². The first-order chi connectivity index (χ1) is 9.69. The Bertz CT molecular complexity index is 634. The van der Waals surface area contributed by atoms with Gasteiger partial charge in [0.05, 0.1) is 17.7 Å². The summed E-state index contributed by atoms with van der Waals surface area (Å²) in [4.78, 5) is 11.7. The summed E-state index contributed by atoms with van der Waals surface area (Å²) < 4.78 is 7.24. The summed E-state index contributed by atoms with van der Waals surface area (Å²) in [5.74, 6) is 0.752. The van der Waals surface area contributed by atoms with E-state index in [9.17, 15) is 4.79 Å². The first-order valence-electron chi connectivity index (χ1n) is 6.11. The zero-order valence-electron chi connectivity index (χ0n) is 10.8. The molecule has 0 unspecified atom stereocenters. The van der Waals surface area contributed by atoms with Crippen LogP contribution >= 0.6 is 23.1 Å². The zero-order valence-corrected chi connectivity index (χ0v) is 12.4. The van der Waals surface area contributed by atoms with Crippen LogP contribution < -0.4 is 4.74 Å². The molecule has 0 spiro atoms. The standard InChI is InChI=1S/C12H13N3O3S2/c1-18-8-4-9(19-5-8)11-13-14-12(20-6-10(16)17)15(11)7-2-3-7/h4-5,7H,2-3,6H2,1H3,(H,16,17). The second kappa shape index (κ2) is 5.45. The maximum Gasteiger partial charge on any atom is 0.313 e. The monoisotopic (exact) mass is 311 g/mol. The fourth-order valence-electron chi connectivity index (χ4n) is 1.87. The molecule has 0 aliphatic heterocycles. The van der Waals surface area contributed by atoms with Crippen LogP contribution in [0.25, 0.3) is 10.7 Å². The SMILES string of the molecule is COc1csc(-c2nnc(SCC(=O)O)n2C2CC2)c1. The third-order valence-corrected chi connectivity index (χ3v) is 4.77. The molecule has 0 aromatic carbocycles. The van der Waals surface area contributed by atoms with Crippen LogP contribution in [-0.4, -0.2) is 38.7 Å². The first kappa shape index (κ1) is 13.4. The van der Waals surface area contributed by atoms with E-state index in [2.05, 4.69) is 14.8 Å². The van der Waals surface area contributed by atoms with E-state index < -0.39 is 5.97 Å². The Kier molecular flexibility index (Phi) is 3.66. The number of thiophene rings is 1. The number of carboxylic acid groups (broad SMARTS) is 1. The molecule has 0 radical (unpaired) electrons. The number of hydrogen-bond acceptors (Lipinski definition) is 6. The Morgan fingerprint density at radius 3 is 3.00 bits per heavy atom. The van der Waals surface area contributed by atoms with Crippen molar-refractivity contribution in [3.8, 4) is 16.5 Å². The molecule has 2 aromatic heterocycles. The summed E-state index contributed by atoms with van der Waals surface area (Å²) in [6, 6.07) is 2.32. The molecular weight excluding hydrogens is 298 g/mol. The van der Waals surface area contributed by atoms with E-state index in [1.807, 2.05) is 11.4 Å². The summed E-state index contributed by atoms with van der Waals surface area (Å²) in [6.07, 6.45) is 2.18. The third-order valence-electron chi connectivity index (χ3n) is 2.93. The molecule has 2 aromatic rings. The van der Waals surface area contributed by atoms with Crippen molar-refractivity contribution in [3.05, 3.63) is 11.4 Å². The molecule has 2 heterocycles. The number of carbonyl (C=O) groups is 1. The van der Waals surface area contributed by atoms with Gasteiger partial charge in [-0.15, -0.1) is 21.5 Å². The van der Waals surface area contributed by atoms with Gasteiger partial charge in [0.25, 0.3) is 0 Å². The summed E-state index contributed by atoms with van der Waals surface area (Å²) in [6.45, 7) is 0. The minimum absolute atomic E-state index is 0.00137. The van der Waals surface area contributed by atoms with Crippen LogP contribution in [0.4, 0.5) is 0 Å². The van der Waals surface area contributed by atoms with Crippen LogP contribution in [-0.2, 0) is 4.79 Å². The smallest absolute Gasteiger partial charge is 0.313 e. The van der Waals surface area contributed by atoms with Gasteiger partial charge in [-0.2, -0.15) is 0 Å². The van der Waals surface area contributed by atoms with Gasteiger partial charge in [0, 0.05) is 17.5 Å². The molecule has 0 saturated heterocycles. The maximum absolute atomic E-state index is 10.7. The van der Waals surface area contributed by atoms with Crippen molar-refractivity contribution in [3.63, 3.8) is 0 Å². The van der Waals surface area contributed by atoms with Gasteiger partial charge in [-0.25, -0.2) is 0 Å². The lowest BCUT2D eigenvalue weighted by Crippen LogP contribution is -2.02. The number of aromatic nitrogens is 3. The van der Waals surface area contributed by atoms with Crippen molar-refractivity contribution in [1.29, 1.82) is 0 Å². The van der Waals surface area contributed by atoms with E-state index in [1.54, 1.807) is 18.4 Å². The molecule has 8 heteroatoms. The van der Waals surface area contributed by atoms with Gasteiger partial charge in [-0.1, -0.05) is 11.8 Å². The highest BCUT2D eigenvalue weighted by Gasteiger charge is 2.30. The maximum atomic E-state index is 10.7. The number of ether oxygens (including phenoxy) is 1. The van der Waals surface area contributed by atoms with Gasteiger partial charge >= 0.3 is 5.97 Å². The average Bonchev–Trinajstić information content (AvgIpc) is 3.01. The molecule has 3 rings (SSSR count). The van der Waals surface area contributed by atoms with Gasteiger partial charge in [-0.3, -0.25) is 9.36 Å². The van der Waals surface area contributed by atoms with E-state index >= 15 is 0 Å². The lowest BCUT2D eigenvalue weighted by Gasteiger charge is -2.06. The largest absolute Gasteiger partial charge is 0.496 e. The van der Waals surface area contributed by atoms with E-state index in [0.717, 1.165) is 29.3 Å². The highest BCUT2D eigenvalue weighted by molar-refractivity contribution is 7.99. The third kappa shape index (κ3) is 2.66. The average molecular weight is 311 g/mol. The molecule has 0 atom stereocenters. The van der Waals surface area contributed by atoms with Crippen LogP contribution in [0.1, 0.15) is 18.9 Å². The lowest BCUT2D eigenvalue weighted by atomic mass is 10.4. The Balaban J connectivity index is 1.92. The second-order valence-electron chi connectivity index (χ2n) is 4.44. The van der Waals surface area contributed by atoms with Gasteiger partial charge in [0.2, 0.25) is 0 Å². The molecule has 106 valence electrons. The number of thioether (sulfide) groups is 1. The van der Waals surface area contributed by atoms with Crippen LogP contribution in [0.3, 0.4) is 0 Å². The number of hydrogen-bond donors (Lipinski definition) is 1. The Morgan fingerprint density at radius 2 is 2.40 bits per heavy atom. The van der Waals surface area contributed by atoms with Crippen molar-refractivity contribution < 1.29 is 14.6 Å². The fourth-order valence-corrected chi connectivity index (χ4v) is 3.44. The Morgan fingerprint density at radius 1 is 1.60 bits per heavy atom. The predicted octanol–water partition coefficient (Wildman–Crippen LogP) is 2.53. The molecule has 1 aliphatic rings. The second-order valence-corrected chi connectivity index (χ2v) is 6.29. The van der Waals surface area contributed by atoms with Crippen molar-refractivity contribution in [1.82, 2.24) is 14.8 Å². The summed E-state index contributed by atoms with van der Waals surface area (Å²) in [5, 5.41) is 19.8. The number of methoxy groups -OCH3 is 1. The fraction of sp³-hybridized carbons (Fsp3) is 0.417. The highest BCUT2D eigenvalue weighted by atomic mass is 32.2. The van der Waals surface area contributed by atoms with Gasteiger partial charge in [-0.05, 0) is 12.8 Å². The topological polar surface area (TPSA) is 77.2 Å². The van der Waals surface area contributed by atoms with Gasteiger partial charge < -0.3 is 9.84 Å². The molecule has 20 heavy (non-hydrogen) atoms. The Labute approximate surface area is 123 Å². The summed E-state index contributed by atoms with van der Waals surface area (Å²) in [5.41, 5.74) is 0. The van der Waals surface area contributed by atoms with Crippen LogP contribution in [0.5, 0.6) is 5.75 Å². The van der Waals surface area contributed by atoms with Crippen molar-refractivity contribution >= 4 is 29.1 Å². The number of carboxylic acids is 1. The first-order valence-corrected chi connectivity index (χ1v) is 7.98. The van der Waals surface area contributed by atoms with Crippen LogP contribution in [0.15, 0.2) is 16.6 Å².